The zero-order valence-corrected chi connectivity index (χ0v) is 21.0. The summed E-state index contributed by atoms with van der Waals surface area (Å²) in [5.41, 5.74) is 3.89. The Bertz CT molecular complexity index is 1150. The Kier molecular flexibility index (Phi) is 7.05. The number of rotatable bonds is 8. The van der Waals surface area contributed by atoms with Gasteiger partial charge in [0, 0.05) is 37.7 Å². The molecule has 1 saturated heterocycles. The average molecular weight is 461 g/mol. The summed E-state index contributed by atoms with van der Waals surface area (Å²) in [5, 5.41) is 0. The Morgan fingerprint density at radius 3 is 2.32 bits per heavy atom. The summed E-state index contributed by atoms with van der Waals surface area (Å²) in [7, 11) is 0. The molecule has 34 heavy (non-hydrogen) atoms. The summed E-state index contributed by atoms with van der Waals surface area (Å²) in [6.07, 6.45) is 0.396. The van der Waals surface area contributed by atoms with Crippen LogP contribution in [0.2, 0.25) is 0 Å². The molecule has 2 amide bonds. The zero-order chi connectivity index (χ0) is 24.4. The van der Waals surface area contributed by atoms with Gasteiger partial charge in [0.25, 0.3) is 0 Å². The van der Waals surface area contributed by atoms with Crippen LogP contribution in [0.15, 0.2) is 48.5 Å². The summed E-state index contributed by atoms with van der Waals surface area (Å²) >= 11 is 0. The lowest BCUT2D eigenvalue weighted by atomic mass is 10.1. The first-order valence-corrected chi connectivity index (χ1v) is 12.3. The number of anilines is 1. The van der Waals surface area contributed by atoms with Gasteiger partial charge in [-0.1, -0.05) is 57.5 Å². The maximum Gasteiger partial charge on any atom is 0.242 e. The van der Waals surface area contributed by atoms with E-state index in [2.05, 4.69) is 27.7 Å². The molecule has 0 N–H and O–H groups in total. The largest absolute Gasteiger partial charge is 0.341 e. The first kappa shape index (κ1) is 24.0. The van der Waals surface area contributed by atoms with Crippen molar-refractivity contribution in [2.45, 2.75) is 53.5 Å². The number of amides is 2. The van der Waals surface area contributed by atoms with Crippen LogP contribution in [-0.4, -0.2) is 45.9 Å². The molecule has 2 heterocycles. The third-order valence-electron chi connectivity index (χ3n) is 6.34. The van der Waals surface area contributed by atoms with Crippen molar-refractivity contribution in [1.29, 1.82) is 0 Å². The van der Waals surface area contributed by atoms with Crippen LogP contribution in [0.25, 0.3) is 11.0 Å². The van der Waals surface area contributed by atoms with Crippen LogP contribution >= 0.6 is 0 Å². The number of aromatic nitrogens is 2. The smallest absolute Gasteiger partial charge is 0.242 e. The highest BCUT2D eigenvalue weighted by Gasteiger charge is 2.35. The first-order chi connectivity index (χ1) is 16.2. The van der Waals surface area contributed by atoms with Crippen molar-refractivity contribution in [3.8, 4) is 0 Å². The Morgan fingerprint density at radius 2 is 1.68 bits per heavy atom. The molecule has 1 aromatic heterocycles. The highest BCUT2D eigenvalue weighted by molar-refractivity contribution is 5.96. The fourth-order valence-electron chi connectivity index (χ4n) is 4.82. The van der Waals surface area contributed by atoms with Crippen molar-refractivity contribution in [3.05, 3.63) is 59.9 Å². The Hall–Kier alpha value is -3.15. The van der Waals surface area contributed by atoms with Crippen LogP contribution < -0.4 is 4.90 Å². The fraction of sp³-hybridized carbons (Fsp3) is 0.464. The van der Waals surface area contributed by atoms with Crippen molar-refractivity contribution < 1.29 is 9.59 Å². The second kappa shape index (κ2) is 10.00. The van der Waals surface area contributed by atoms with Crippen LogP contribution in [0.5, 0.6) is 0 Å². The van der Waals surface area contributed by atoms with Gasteiger partial charge >= 0.3 is 0 Å². The molecular weight excluding hydrogens is 424 g/mol. The summed E-state index contributed by atoms with van der Waals surface area (Å²) in [4.78, 5) is 35.2. The number of carbonyl (C=O) groups is 2. The van der Waals surface area contributed by atoms with E-state index in [1.807, 2.05) is 69.8 Å². The van der Waals surface area contributed by atoms with Crippen molar-refractivity contribution >= 4 is 28.5 Å². The van der Waals surface area contributed by atoms with Gasteiger partial charge in [0.1, 0.15) is 12.4 Å². The molecule has 180 valence electrons. The van der Waals surface area contributed by atoms with Crippen molar-refractivity contribution in [3.63, 3.8) is 0 Å². The molecule has 0 saturated carbocycles. The van der Waals surface area contributed by atoms with E-state index < -0.39 is 0 Å². The number of fused-ring (bicyclic) bond motifs is 1. The van der Waals surface area contributed by atoms with E-state index in [0.29, 0.717) is 24.8 Å². The maximum atomic E-state index is 13.5. The molecule has 3 aromatic rings. The molecule has 1 aliphatic heterocycles. The van der Waals surface area contributed by atoms with E-state index in [-0.39, 0.29) is 24.3 Å². The van der Waals surface area contributed by atoms with Gasteiger partial charge in [-0.15, -0.1) is 0 Å². The summed E-state index contributed by atoms with van der Waals surface area (Å²) < 4.78 is 2.04. The summed E-state index contributed by atoms with van der Waals surface area (Å²) in [6.45, 7) is 12.9. The van der Waals surface area contributed by atoms with E-state index in [0.717, 1.165) is 35.6 Å². The molecule has 6 heteroatoms. The van der Waals surface area contributed by atoms with Crippen LogP contribution in [0.4, 0.5) is 5.69 Å². The SMILES string of the molecule is Cc1ccc(N2CC(c3nc4ccccc4n3CC(=O)N(CC(C)C)CC(C)C)CC2=O)cc1. The Labute approximate surface area is 202 Å². The number of hydrogen-bond donors (Lipinski definition) is 0. The number of benzene rings is 2. The van der Waals surface area contributed by atoms with Gasteiger partial charge in [0.15, 0.2) is 0 Å². The van der Waals surface area contributed by atoms with Gasteiger partial charge in [0.05, 0.1) is 11.0 Å². The third kappa shape index (κ3) is 5.16. The van der Waals surface area contributed by atoms with Crippen LogP contribution in [0.1, 0.15) is 51.4 Å². The van der Waals surface area contributed by atoms with E-state index in [1.165, 1.54) is 5.56 Å². The van der Waals surface area contributed by atoms with Gasteiger partial charge < -0.3 is 14.4 Å². The number of aryl methyl sites for hydroxylation is 1. The molecule has 1 fully saturated rings. The van der Waals surface area contributed by atoms with Gasteiger partial charge in [-0.2, -0.15) is 0 Å². The number of nitrogens with zero attached hydrogens (tertiary/aromatic N) is 4. The number of imidazole rings is 1. The highest BCUT2D eigenvalue weighted by atomic mass is 16.2. The molecule has 1 atom stereocenters. The lowest BCUT2D eigenvalue weighted by Gasteiger charge is -2.27. The second-order valence-electron chi connectivity index (χ2n) is 10.4. The molecule has 0 spiro atoms. The topological polar surface area (TPSA) is 58.4 Å². The summed E-state index contributed by atoms with van der Waals surface area (Å²) in [5.74, 6) is 1.77. The number of hydrogen-bond acceptors (Lipinski definition) is 3. The summed E-state index contributed by atoms with van der Waals surface area (Å²) in [6, 6.07) is 16.0. The highest BCUT2D eigenvalue weighted by Crippen LogP contribution is 2.33. The quantitative estimate of drug-likeness (QED) is 0.475. The molecule has 6 nitrogen and oxygen atoms in total. The normalized spacial score (nSPS) is 16.3. The number of para-hydroxylation sites is 2. The molecule has 0 aliphatic carbocycles. The minimum Gasteiger partial charge on any atom is -0.341 e. The Morgan fingerprint density at radius 1 is 1.03 bits per heavy atom. The van der Waals surface area contributed by atoms with E-state index in [9.17, 15) is 9.59 Å². The van der Waals surface area contributed by atoms with Crippen LogP contribution in [0, 0.1) is 18.8 Å². The van der Waals surface area contributed by atoms with Gasteiger partial charge in [-0.05, 0) is 43.0 Å². The molecule has 0 bridgehead atoms. The van der Waals surface area contributed by atoms with Crippen LogP contribution in [-0.2, 0) is 16.1 Å². The van der Waals surface area contributed by atoms with Crippen molar-refractivity contribution in [2.24, 2.45) is 11.8 Å². The van der Waals surface area contributed by atoms with Gasteiger partial charge in [-0.3, -0.25) is 9.59 Å². The molecule has 4 rings (SSSR count). The van der Waals surface area contributed by atoms with Gasteiger partial charge in [-0.25, -0.2) is 4.98 Å². The lowest BCUT2D eigenvalue weighted by molar-refractivity contribution is -0.132. The van der Waals surface area contributed by atoms with E-state index in [4.69, 9.17) is 4.98 Å². The van der Waals surface area contributed by atoms with Gasteiger partial charge in [0.2, 0.25) is 11.8 Å². The lowest BCUT2D eigenvalue weighted by Crippen LogP contribution is -2.39. The molecular formula is C28H36N4O2. The molecule has 1 unspecified atom stereocenters. The number of carbonyl (C=O) groups excluding carboxylic acids is 2. The van der Waals surface area contributed by atoms with E-state index in [1.54, 1.807) is 0 Å². The predicted molar refractivity (Wildman–Crippen MR) is 137 cm³/mol. The van der Waals surface area contributed by atoms with Crippen molar-refractivity contribution in [1.82, 2.24) is 14.5 Å². The Balaban J connectivity index is 1.65. The molecule has 2 aromatic carbocycles. The average Bonchev–Trinajstić information content (AvgIpc) is 3.34. The monoisotopic (exact) mass is 460 g/mol. The third-order valence-corrected chi connectivity index (χ3v) is 6.34. The minimum atomic E-state index is -0.0577. The first-order valence-electron chi connectivity index (χ1n) is 12.3. The van der Waals surface area contributed by atoms with Crippen LogP contribution in [0.3, 0.4) is 0 Å². The fourth-order valence-corrected chi connectivity index (χ4v) is 4.82. The standard InChI is InChI=1S/C28H36N4O2/c1-19(2)15-30(16-20(3)4)27(34)18-32-25-9-7-6-8-24(25)29-28(32)22-14-26(33)31(17-22)23-12-10-21(5)11-13-23/h6-13,19-20,22H,14-18H2,1-5H3. The molecule has 0 radical (unpaired) electrons. The molecule has 1 aliphatic rings. The maximum absolute atomic E-state index is 13.5. The van der Waals surface area contributed by atoms with Crippen molar-refractivity contribution in [2.75, 3.05) is 24.5 Å². The van der Waals surface area contributed by atoms with E-state index >= 15 is 0 Å². The predicted octanol–water partition coefficient (Wildman–Crippen LogP) is 5.01. The minimum absolute atomic E-state index is 0.0577. The second-order valence-corrected chi connectivity index (χ2v) is 10.4. The zero-order valence-electron chi connectivity index (χ0n) is 21.0.